The van der Waals surface area contributed by atoms with Gasteiger partial charge in [-0.2, -0.15) is 0 Å². The van der Waals surface area contributed by atoms with Crippen LogP contribution in [0.15, 0.2) is 0 Å². The highest BCUT2D eigenvalue weighted by molar-refractivity contribution is 5.71. The van der Waals surface area contributed by atoms with Gasteiger partial charge in [-0.1, -0.05) is 13.8 Å². The molecule has 1 heterocycles. The third-order valence-electron chi connectivity index (χ3n) is 1.90. The maximum Gasteiger partial charge on any atom is 0.306 e. The summed E-state index contributed by atoms with van der Waals surface area (Å²) in [5.41, 5.74) is -0.0112. The molecule has 0 saturated carbocycles. The molecule has 11 heavy (non-hydrogen) atoms. The van der Waals surface area contributed by atoms with Crippen LogP contribution in [-0.2, 0) is 9.53 Å². The van der Waals surface area contributed by atoms with Crippen LogP contribution in [0.1, 0.15) is 26.7 Å². The molecule has 0 aromatic heterocycles. The number of esters is 1. The topological polar surface area (TPSA) is 46.5 Å². The average Bonchev–Trinajstić information content (AvgIpc) is 1.83. The molecule has 1 fully saturated rings. The van der Waals surface area contributed by atoms with Crippen LogP contribution in [0.3, 0.4) is 0 Å². The molecule has 0 amide bonds. The molecular weight excluding hydrogens is 144 g/mol. The Hall–Kier alpha value is -0.570. The first-order valence-corrected chi connectivity index (χ1v) is 3.84. The zero-order valence-corrected chi connectivity index (χ0v) is 6.96. The lowest BCUT2D eigenvalue weighted by atomic mass is 9.82. The molecule has 3 heteroatoms. The van der Waals surface area contributed by atoms with E-state index in [1.807, 2.05) is 13.8 Å². The van der Waals surface area contributed by atoms with Crippen LogP contribution in [0.2, 0.25) is 0 Å². The molecular formula is C8H14O3. The number of aliphatic hydroxyl groups is 1. The summed E-state index contributed by atoms with van der Waals surface area (Å²) in [6, 6.07) is 0. The molecule has 1 rings (SSSR count). The average molecular weight is 158 g/mol. The predicted octanol–water partition coefficient (Wildman–Crippen LogP) is 0.710. The van der Waals surface area contributed by atoms with Crippen LogP contribution in [-0.4, -0.2) is 23.8 Å². The minimum atomic E-state index is -0.286. The Morgan fingerprint density at radius 1 is 1.73 bits per heavy atom. The van der Waals surface area contributed by atoms with Crippen molar-refractivity contribution in [3.63, 3.8) is 0 Å². The highest BCUT2D eigenvalue weighted by Gasteiger charge is 2.33. The molecule has 1 saturated heterocycles. The highest BCUT2D eigenvalue weighted by atomic mass is 16.6. The van der Waals surface area contributed by atoms with Crippen molar-refractivity contribution < 1.29 is 14.6 Å². The van der Waals surface area contributed by atoms with Crippen LogP contribution in [0.25, 0.3) is 0 Å². The van der Waals surface area contributed by atoms with Crippen molar-refractivity contribution in [2.45, 2.75) is 32.8 Å². The quantitative estimate of drug-likeness (QED) is 0.572. The number of aliphatic hydroxyl groups excluding tert-OH is 1. The Kier molecular flexibility index (Phi) is 2.18. The van der Waals surface area contributed by atoms with Gasteiger partial charge in [-0.05, 0) is 11.8 Å². The first-order chi connectivity index (χ1) is 5.03. The van der Waals surface area contributed by atoms with Crippen molar-refractivity contribution >= 4 is 5.97 Å². The van der Waals surface area contributed by atoms with Crippen molar-refractivity contribution in [3.8, 4) is 0 Å². The van der Waals surface area contributed by atoms with Crippen molar-refractivity contribution in [2.75, 3.05) is 6.61 Å². The van der Waals surface area contributed by atoms with Gasteiger partial charge < -0.3 is 9.84 Å². The van der Waals surface area contributed by atoms with Crippen molar-refractivity contribution in [1.29, 1.82) is 0 Å². The summed E-state index contributed by atoms with van der Waals surface area (Å²) >= 11 is 0. The molecule has 1 atom stereocenters. The molecule has 1 aliphatic heterocycles. The van der Waals surface area contributed by atoms with Gasteiger partial charge in [0.15, 0.2) is 0 Å². The second-order valence-corrected chi connectivity index (χ2v) is 3.84. The summed E-state index contributed by atoms with van der Waals surface area (Å²) in [7, 11) is 0. The molecule has 0 radical (unpaired) electrons. The highest BCUT2D eigenvalue weighted by Crippen LogP contribution is 2.32. The fraction of sp³-hybridized carbons (Fsp3) is 0.875. The third kappa shape index (κ3) is 2.19. The van der Waals surface area contributed by atoms with E-state index in [1.165, 1.54) is 0 Å². The zero-order valence-electron chi connectivity index (χ0n) is 6.96. The summed E-state index contributed by atoms with van der Waals surface area (Å²) in [4.78, 5) is 10.9. The van der Waals surface area contributed by atoms with Gasteiger partial charge >= 0.3 is 5.97 Å². The number of cyclic esters (lactones) is 1. The Bertz CT molecular complexity index is 163. The molecule has 1 aliphatic rings. The minimum absolute atomic E-state index is 0.0112. The standard InChI is InChI=1S/C8H14O3/c1-8(2)3-6(5-9)11-7(10)4-8/h6,9H,3-5H2,1-2H3. The second kappa shape index (κ2) is 2.81. The van der Waals surface area contributed by atoms with Gasteiger partial charge in [-0.25, -0.2) is 0 Å². The van der Waals surface area contributed by atoms with Crippen LogP contribution in [0.4, 0.5) is 0 Å². The first-order valence-electron chi connectivity index (χ1n) is 3.84. The first kappa shape index (κ1) is 8.53. The number of hydrogen-bond acceptors (Lipinski definition) is 3. The van der Waals surface area contributed by atoms with E-state index in [-0.39, 0.29) is 24.1 Å². The molecule has 0 spiro atoms. The smallest absolute Gasteiger partial charge is 0.306 e. The number of carbonyl (C=O) groups excluding carboxylic acids is 1. The van der Waals surface area contributed by atoms with Crippen molar-refractivity contribution in [3.05, 3.63) is 0 Å². The molecule has 3 nitrogen and oxygen atoms in total. The number of rotatable bonds is 1. The van der Waals surface area contributed by atoms with Gasteiger partial charge in [0.2, 0.25) is 0 Å². The molecule has 1 N–H and O–H groups in total. The van der Waals surface area contributed by atoms with Crippen molar-refractivity contribution in [2.24, 2.45) is 5.41 Å². The Labute approximate surface area is 66.4 Å². The normalized spacial score (nSPS) is 29.7. The lowest BCUT2D eigenvalue weighted by Crippen LogP contribution is -2.36. The summed E-state index contributed by atoms with van der Waals surface area (Å²) in [5, 5.41) is 8.76. The van der Waals surface area contributed by atoms with Crippen LogP contribution in [0, 0.1) is 5.41 Å². The van der Waals surface area contributed by atoms with Crippen LogP contribution >= 0.6 is 0 Å². The largest absolute Gasteiger partial charge is 0.460 e. The Morgan fingerprint density at radius 2 is 2.36 bits per heavy atom. The molecule has 1 unspecified atom stereocenters. The second-order valence-electron chi connectivity index (χ2n) is 3.84. The summed E-state index contributed by atoms with van der Waals surface area (Å²) < 4.78 is 4.88. The molecule has 0 aromatic carbocycles. The van der Waals surface area contributed by atoms with E-state index in [0.29, 0.717) is 6.42 Å². The van der Waals surface area contributed by atoms with Gasteiger partial charge in [0.05, 0.1) is 13.0 Å². The molecule has 0 bridgehead atoms. The number of ether oxygens (including phenoxy) is 1. The summed E-state index contributed by atoms with van der Waals surface area (Å²) in [6.07, 6.45) is 0.935. The SMILES string of the molecule is CC1(C)CC(=O)OC(CO)C1. The zero-order chi connectivity index (χ0) is 8.48. The van der Waals surface area contributed by atoms with Crippen LogP contribution < -0.4 is 0 Å². The van der Waals surface area contributed by atoms with E-state index in [0.717, 1.165) is 6.42 Å². The van der Waals surface area contributed by atoms with E-state index >= 15 is 0 Å². The van der Waals surface area contributed by atoms with Gasteiger partial charge in [0, 0.05) is 0 Å². The predicted molar refractivity (Wildman–Crippen MR) is 40.0 cm³/mol. The Balaban J connectivity index is 2.58. The van der Waals surface area contributed by atoms with E-state index in [1.54, 1.807) is 0 Å². The maximum absolute atomic E-state index is 10.9. The fourth-order valence-corrected chi connectivity index (χ4v) is 1.45. The summed E-state index contributed by atoms with van der Waals surface area (Å²) in [5.74, 6) is -0.194. The fourth-order valence-electron chi connectivity index (χ4n) is 1.45. The summed E-state index contributed by atoms with van der Waals surface area (Å²) in [6.45, 7) is 3.96. The lowest BCUT2D eigenvalue weighted by Gasteiger charge is -2.33. The van der Waals surface area contributed by atoms with Gasteiger partial charge in [-0.3, -0.25) is 4.79 Å². The van der Waals surface area contributed by atoms with Crippen molar-refractivity contribution in [1.82, 2.24) is 0 Å². The third-order valence-corrected chi connectivity index (χ3v) is 1.90. The molecule has 0 aliphatic carbocycles. The molecule has 64 valence electrons. The number of hydrogen-bond donors (Lipinski definition) is 1. The maximum atomic E-state index is 10.9. The monoisotopic (exact) mass is 158 g/mol. The van der Waals surface area contributed by atoms with Gasteiger partial charge in [0.1, 0.15) is 6.10 Å². The van der Waals surface area contributed by atoms with E-state index < -0.39 is 0 Å². The van der Waals surface area contributed by atoms with Gasteiger partial charge in [-0.15, -0.1) is 0 Å². The van der Waals surface area contributed by atoms with Gasteiger partial charge in [0.25, 0.3) is 0 Å². The minimum Gasteiger partial charge on any atom is -0.460 e. The van der Waals surface area contributed by atoms with E-state index in [9.17, 15) is 4.79 Å². The Morgan fingerprint density at radius 3 is 2.82 bits per heavy atom. The number of carbonyl (C=O) groups is 1. The van der Waals surface area contributed by atoms with Crippen LogP contribution in [0.5, 0.6) is 0 Å². The molecule has 0 aromatic rings. The lowest BCUT2D eigenvalue weighted by molar-refractivity contribution is -0.163. The van der Waals surface area contributed by atoms with E-state index in [4.69, 9.17) is 9.84 Å². The van der Waals surface area contributed by atoms with E-state index in [2.05, 4.69) is 0 Å².